The van der Waals surface area contributed by atoms with Crippen LogP contribution >= 0.6 is 11.3 Å². The lowest BCUT2D eigenvalue weighted by molar-refractivity contribution is 0.0971. The van der Waals surface area contributed by atoms with Crippen molar-refractivity contribution in [2.45, 2.75) is 13.1 Å². The minimum atomic E-state index is -0.562. The minimum Gasteiger partial charge on any atom is -0.493 e. The summed E-state index contributed by atoms with van der Waals surface area (Å²) >= 11 is 1.44. The van der Waals surface area contributed by atoms with E-state index in [0.29, 0.717) is 22.6 Å². The number of nitrogens with zero attached hydrogens (tertiary/aromatic N) is 3. The van der Waals surface area contributed by atoms with E-state index < -0.39 is 11.2 Å². The van der Waals surface area contributed by atoms with E-state index in [4.69, 9.17) is 9.47 Å². The monoisotopic (exact) mass is 437 g/mol. The Balaban J connectivity index is 1.81. The standard InChI is InChI=1S/C22H19N3O5S/c1-29-18-8-7-14(11-19(18)30-2)17(26)13-24-16-6-3-9-23-20(16)21(27)25(22(24)28)12-15-5-4-10-31-15/h3-11H,12-13H2,1-2H3. The molecule has 0 saturated carbocycles. The first-order chi connectivity index (χ1) is 15.0. The number of hydrogen-bond acceptors (Lipinski definition) is 7. The molecule has 0 atom stereocenters. The van der Waals surface area contributed by atoms with Crippen molar-refractivity contribution in [2.75, 3.05) is 14.2 Å². The lowest BCUT2D eigenvalue weighted by Crippen LogP contribution is -2.41. The Morgan fingerprint density at radius 3 is 2.55 bits per heavy atom. The number of ether oxygens (including phenoxy) is 2. The molecular weight excluding hydrogens is 418 g/mol. The van der Waals surface area contributed by atoms with Crippen molar-refractivity contribution < 1.29 is 14.3 Å². The van der Waals surface area contributed by atoms with E-state index in [-0.39, 0.29) is 24.4 Å². The molecule has 31 heavy (non-hydrogen) atoms. The number of carbonyl (C=O) groups excluding carboxylic acids is 1. The van der Waals surface area contributed by atoms with Gasteiger partial charge in [0.15, 0.2) is 22.8 Å². The number of aromatic nitrogens is 3. The molecule has 4 aromatic rings. The van der Waals surface area contributed by atoms with Gasteiger partial charge in [-0.2, -0.15) is 0 Å². The third kappa shape index (κ3) is 3.87. The maximum absolute atomic E-state index is 13.2. The van der Waals surface area contributed by atoms with Crippen molar-refractivity contribution in [3.8, 4) is 11.5 Å². The van der Waals surface area contributed by atoms with Gasteiger partial charge in [0.05, 0.1) is 32.8 Å². The third-order valence-corrected chi connectivity index (χ3v) is 5.75. The number of thiophene rings is 1. The fraction of sp³-hybridized carbons (Fsp3) is 0.182. The molecule has 0 aliphatic carbocycles. The number of ketones is 1. The van der Waals surface area contributed by atoms with E-state index in [2.05, 4.69) is 4.98 Å². The normalized spacial score (nSPS) is 10.9. The van der Waals surface area contributed by atoms with Crippen molar-refractivity contribution in [1.82, 2.24) is 14.1 Å². The van der Waals surface area contributed by atoms with Crippen LogP contribution in [0.4, 0.5) is 0 Å². The molecule has 9 heteroatoms. The first kappa shape index (κ1) is 20.5. The third-order valence-electron chi connectivity index (χ3n) is 4.89. The molecule has 0 fully saturated rings. The minimum absolute atomic E-state index is 0.117. The van der Waals surface area contributed by atoms with Crippen LogP contribution in [0.15, 0.2) is 63.6 Å². The van der Waals surface area contributed by atoms with Gasteiger partial charge >= 0.3 is 5.69 Å². The number of fused-ring (bicyclic) bond motifs is 1. The number of pyridine rings is 1. The van der Waals surface area contributed by atoms with Gasteiger partial charge in [0.25, 0.3) is 5.56 Å². The molecule has 158 valence electrons. The number of benzene rings is 1. The Labute approximate surface area is 180 Å². The fourth-order valence-corrected chi connectivity index (χ4v) is 4.03. The van der Waals surface area contributed by atoms with Crippen LogP contribution in [0.25, 0.3) is 11.0 Å². The molecule has 0 aliphatic rings. The maximum atomic E-state index is 13.2. The first-order valence-electron chi connectivity index (χ1n) is 9.39. The summed E-state index contributed by atoms with van der Waals surface area (Å²) in [6.45, 7) is -0.131. The predicted octanol–water partition coefficient (Wildman–Crippen LogP) is 2.57. The predicted molar refractivity (Wildman–Crippen MR) is 118 cm³/mol. The zero-order valence-electron chi connectivity index (χ0n) is 16.9. The van der Waals surface area contributed by atoms with Gasteiger partial charge in [-0.1, -0.05) is 6.07 Å². The second-order valence-corrected chi connectivity index (χ2v) is 7.74. The molecule has 1 aromatic carbocycles. The topological polar surface area (TPSA) is 92.4 Å². The molecule has 0 N–H and O–H groups in total. The van der Waals surface area contributed by atoms with Crippen molar-refractivity contribution in [3.63, 3.8) is 0 Å². The second-order valence-electron chi connectivity index (χ2n) is 6.70. The van der Waals surface area contributed by atoms with Crippen LogP contribution in [-0.4, -0.2) is 34.1 Å². The van der Waals surface area contributed by atoms with Crippen LogP contribution in [-0.2, 0) is 13.1 Å². The van der Waals surface area contributed by atoms with Crippen LogP contribution in [0.2, 0.25) is 0 Å². The number of hydrogen-bond donors (Lipinski definition) is 0. The van der Waals surface area contributed by atoms with Crippen LogP contribution in [0.1, 0.15) is 15.2 Å². The highest BCUT2D eigenvalue weighted by molar-refractivity contribution is 7.09. The Bertz CT molecular complexity index is 1370. The molecule has 3 aromatic heterocycles. The van der Waals surface area contributed by atoms with Gasteiger partial charge in [-0.25, -0.2) is 9.78 Å². The number of carbonyl (C=O) groups is 1. The lowest BCUT2D eigenvalue weighted by atomic mass is 10.1. The summed E-state index contributed by atoms with van der Waals surface area (Å²) in [5.74, 6) is 0.597. The first-order valence-corrected chi connectivity index (χ1v) is 10.3. The van der Waals surface area contributed by atoms with Gasteiger partial charge in [-0.3, -0.25) is 18.7 Å². The molecule has 0 radical (unpaired) electrons. The Kier molecular flexibility index (Phi) is 5.68. The van der Waals surface area contributed by atoms with Crippen molar-refractivity contribution in [3.05, 3.63) is 85.3 Å². The Hall–Kier alpha value is -3.72. The molecule has 8 nitrogen and oxygen atoms in total. The van der Waals surface area contributed by atoms with Gasteiger partial charge in [-0.05, 0) is 41.8 Å². The molecule has 0 amide bonds. The van der Waals surface area contributed by atoms with E-state index in [1.807, 2.05) is 17.5 Å². The van der Waals surface area contributed by atoms with Gasteiger partial charge in [0.1, 0.15) is 0 Å². The SMILES string of the molecule is COc1ccc(C(=O)Cn2c(=O)n(Cc3cccs3)c(=O)c3ncccc32)cc1OC. The smallest absolute Gasteiger partial charge is 0.332 e. The summed E-state index contributed by atoms with van der Waals surface area (Å²) in [5.41, 5.74) is -0.235. The molecule has 0 saturated heterocycles. The van der Waals surface area contributed by atoms with E-state index in [9.17, 15) is 14.4 Å². The summed E-state index contributed by atoms with van der Waals surface area (Å²) in [4.78, 5) is 44.2. The van der Waals surface area contributed by atoms with Crippen LogP contribution < -0.4 is 20.7 Å². The molecule has 0 unspecified atom stereocenters. The van der Waals surface area contributed by atoms with Gasteiger partial charge in [0, 0.05) is 16.6 Å². The molecule has 4 rings (SSSR count). The van der Waals surface area contributed by atoms with Gasteiger partial charge < -0.3 is 9.47 Å². The Morgan fingerprint density at radius 2 is 1.84 bits per heavy atom. The van der Waals surface area contributed by atoms with Crippen molar-refractivity contribution >= 4 is 28.2 Å². The molecule has 3 heterocycles. The highest BCUT2D eigenvalue weighted by Gasteiger charge is 2.18. The Morgan fingerprint density at radius 1 is 1.03 bits per heavy atom. The van der Waals surface area contributed by atoms with Crippen LogP contribution in [0, 0.1) is 0 Å². The zero-order chi connectivity index (χ0) is 22.0. The van der Waals surface area contributed by atoms with Gasteiger partial charge in [-0.15, -0.1) is 11.3 Å². The van der Waals surface area contributed by atoms with E-state index in [0.717, 1.165) is 9.44 Å². The summed E-state index contributed by atoms with van der Waals surface area (Å²) < 4.78 is 12.9. The van der Waals surface area contributed by atoms with Crippen LogP contribution in [0.5, 0.6) is 11.5 Å². The average Bonchev–Trinajstić information content (AvgIpc) is 3.32. The van der Waals surface area contributed by atoms with Crippen LogP contribution in [0.3, 0.4) is 0 Å². The summed E-state index contributed by atoms with van der Waals surface area (Å²) in [6.07, 6.45) is 1.49. The molecular formula is C22H19N3O5S. The largest absolute Gasteiger partial charge is 0.493 e. The average molecular weight is 437 g/mol. The van der Waals surface area contributed by atoms with Crippen molar-refractivity contribution in [2.24, 2.45) is 0 Å². The zero-order valence-corrected chi connectivity index (χ0v) is 17.7. The number of rotatable bonds is 7. The summed E-state index contributed by atoms with van der Waals surface area (Å²) in [7, 11) is 2.99. The molecule has 0 bridgehead atoms. The molecule has 0 spiro atoms. The summed E-state index contributed by atoms with van der Waals surface area (Å²) in [6, 6.07) is 11.7. The summed E-state index contributed by atoms with van der Waals surface area (Å²) in [5, 5.41) is 1.87. The second kappa shape index (κ2) is 8.57. The number of methoxy groups -OCH3 is 2. The quantitative estimate of drug-likeness (QED) is 0.413. The van der Waals surface area contributed by atoms with E-state index in [1.54, 1.807) is 30.3 Å². The maximum Gasteiger partial charge on any atom is 0.332 e. The van der Waals surface area contributed by atoms with Crippen molar-refractivity contribution in [1.29, 1.82) is 0 Å². The molecule has 0 aliphatic heterocycles. The highest BCUT2D eigenvalue weighted by atomic mass is 32.1. The van der Waals surface area contributed by atoms with E-state index >= 15 is 0 Å². The van der Waals surface area contributed by atoms with E-state index in [1.165, 1.54) is 36.3 Å². The van der Waals surface area contributed by atoms with Gasteiger partial charge in [0.2, 0.25) is 0 Å². The lowest BCUT2D eigenvalue weighted by Gasteiger charge is -2.13. The fourth-order valence-electron chi connectivity index (χ4n) is 3.34. The number of Topliss-reactive ketones (excluding diaryl/α,β-unsaturated/α-hetero) is 1. The highest BCUT2D eigenvalue weighted by Crippen LogP contribution is 2.27.